The number of imidazole rings is 1. The van der Waals surface area contributed by atoms with Crippen LogP contribution in [0, 0.1) is 6.92 Å². The Balaban J connectivity index is 1.55. The zero-order chi connectivity index (χ0) is 17.7. The maximum atomic E-state index is 5.78. The first kappa shape index (κ1) is 14.9. The molecule has 0 atom stereocenters. The fraction of sp³-hybridized carbons (Fsp3) is 0.0909. The molecule has 2 heterocycles. The molecule has 4 nitrogen and oxygen atoms in total. The van der Waals surface area contributed by atoms with Crippen LogP contribution in [-0.2, 0) is 6.42 Å². The average molecular weight is 338 g/mol. The predicted molar refractivity (Wildman–Crippen MR) is 107 cm³/mol. The minimum absolute atomic E-state index is 0.769. The zero-order valence-corrected chi connectivity index (χ0v) is 14.5. The highest BCUT2D eigenvalue weighted by Crippen LogP contribution is 2.33. The first-order valence-electron chi connectivity index (χ1n) is 8.69. The number of nitrogens with one attached hydrogen (secondary N) is 1. The molecule has 1 aliphatic heterocycles. The maximum absolute atomic E-state index is 5.78. The molecule has 5 rings (SSSR count). The van der Waals surface area contributed by atoms with Gasteiger partial charge in [0.15, 0.2) is 0 Å². The van der Waals surface area contributed by atoms with E-state index in [2.05, 4.69) is 48.3 Å². The molecule has 1 aliphatic rings. The summed E-state index contributed by atoms with van der Waals surface area (Å²) in [5, 5.41) is 0. The molecule has 4 heteroatoms. The van der Waals surface area contributed by atoms with Crippen LogP contribution in [0.4, 0.5) is 11.4 Å². The summed E-state index contributed by atoms with van der Waals surface area (Å²) in [6, 6.07) is 20.5. The van der Waals surface area contributed by atoms with Crippen LogP contribution in [0.3, 0.4) is 0 Å². The van der Waals surface area contributed by atoms with Gasteiger partial charge in [-0.25, -0.2) is 4.98 Å². The van der Waals surface area contributed by atoms with Gasteiger partial charge in [0.05, 0.1) is 22.4 Å². The lowest BCUT2D eigenvalue weighted by Gasteiger charge is -2.00. The molecule has 3 aromatic carbocycles. The Labute approximate surface area is 151 Å². The van der Waals surface area contributed by atoms with E-state index >= 15 is 0 Å². The fourth-order valence-corrected chi connectivity index (χ4v) is 3.47. The van der Waals surface area contributed by atoms with Gasteiger partial charge in [-0.05, 0) is 48.4 Å². The highest BCUT2D eigenvalue weighted by molar-refractivity contribution is 6.07. The van der Waals surface area contributed by atoms with E-state index < -0.39 is 0 Å². The van der Waals surface area contributed by atoms with E-state index in [4.69, 9.17) is 15.7 Å². The van der Waals surface area contributed by atoms with Gasteiger partial charge in [-0.3, -0.25) is 4.99 Å². The fourth-order valence-electron chi connectivity index (χ4n) is 3.47. The van der Waals surface area contributed by atoms with Crippen LogP contribution in [0.5, 0.6) is 0 Å². The minimum Gasteiger partial charge on any atom is -0.399 e. The van der Waals surface area contributed by atoms with Gasteiger partial charge in [-0.1, -0.05) is 35.9 Å². The predicted octanol–water partition coefficient (Wildman–Crippen LogP) is 4.80. The molecule has 0 amide bonds. The second-order valence-electron chi connectivity index (χ2n) is 6.81. The number of fused-ring (bicyclic) bond motifs is 2. The normalized spacial score (nSPS) is 13.0. The van der Waals surface area contributed by atoms with Crippen molar-refractivity contribution in [3.8, 4) is 11.4 Å². The van der Waals surface area contributed by atoms with Gasteiger partial charge in [0.2, 0.25) is 0 Å². The van der Waals surface area contributed by atoms with Crippen molar-refractivity contribution in [2.75, 3.05) is 5.73 Å². The van der Waals surface area contributed by atoms with E-state index in [0.717, 1.165) is 51.5 Å². The summed E-state index contributed by atoms with van der Waals surface area (Å²) in [5.41, 5.74) is 15.3. The third-order valence-corrected chi connectivity index (χ3v) is 4.83. The molecule has 0 saturated carbocycles. The van der Waals surface area contributed by atoms with Gasteiger partial charge in [-0.15, -0.1) is 0 Å². The number of H-pyrrole nitrogens is 1. The Hall–Kier alpha value is -3.40. The molecule has 0 radical (unpaired) electrons. The molecule has 0 unspecified atom stereocenters. The van der Waals surface area contributed by atoms with E-state index in [1.54, 1.807) is 0 Å². The Kier molecular flexibility index (Phi) is 3.19. The topological polar surface area (TPSA) is 67.1 Å². The molecule has 4 aromatic rings. The van der Waals surface area contributed by atoms with E-state index in [-0.39, 0.29) is 0 Å². The number of nitrogen functional groups attached to an aromatic ring is 1. The molecule has 3 N–H and O–H groups in total. The lowest BCUT2D eigenvalue weighted by atomic mass is 10.0. The monoisotopic (exact) mass is 338 g/mol. The molecule has 26 heavy (non-hydrogen) atoms. The van der Waals surface area contributed by atoms with Crippen molar-refractivity contribution in [2.24, 2.45) is 4.99 Å². The first-order valence-corrected chi connectivity index (χ1v) is 8.69. The number of aryl methyl sites for hydroxylation is 1. The van der Waals surface area contributed by atoms with Crippen LogP contribution in [0.2, 0.25) is 0 Å². The summed E-state index contributed by atoms with van der Waals surface area (Å²) in [6.07, 6.45) is 0.827. The van der Waals surface area contributed by atoms with Crippen molar-refractivity contribution in [1.82, 2.24) is 9.97 Å². The number of aliphatic imine (C=N–C) groups is 1. The number of aromatic amines is 1. The molecule has 0 bridgehead atoms. The van der Waals surface area contributed by atoms with Crippen LogP contribution in [0.1, 0.15) is 16.7 Å². The van der Waals surface area contributed by atoms with Crippen LogP contribution in [-0.4, -0.2) is 15.7 Å². The van der Waals surface area contributed by atoms with Crippen molar-refractivity contribution < 1.29 is 0 Å². The van der Waals surface area contributed by atoms with E-state index in [9.17, 15) is 0 Å². The second-order valence-corrected chi connectivity index (χ2v) is 6.81. The van der Waals surface area contributed by atoms with Crippen molar-refractivity contribution in [1.29, 1.82) is 0 Å². The van der Waals surface area contributed by atoms with Gasteiger partial charge in [0.25, 0.3) is 0 Å². The van der Waals surface area contributed by atoms with Crippen LogP contribution < -0.4 is 5.73 Å². The Bertz CT molecular complexity index is 1170. The van der Waals surface area contributed by atoms with Gasteiger partial charge in [-0.2, -0.15) is 0 Å². The second kappa shape index (κ2) is 5.56. The molecule has 1 aromatic heterocycles. The summed E-state index contributed by atoms with van der Waals surface area (Å²) in [4.78, 5) is 13.0. The van der Waals surface area contributed by atoms with Crippen LogP contribution in [0.25, 0.3) is 22.4 Å². The summed E-state index contributed by atoms with van der Waals surface area (Å²) >= 11 is 0. The number of benzene rings is 3. The number of anilines is 1. The summed E-state index contributed by atoms with van der Waals surface area (Å²) in [7, 11) is 0. The number of nitrogens with zero attached hydrogens (tertiary/aromatic N) is 2. The lowest BCUT2D eigenvalue weighted by molar-refractivity contribution is 1.32. The van der Waals surface area contributed by atoms with Crippen molar-refractivity contribution >= 4 is 28.1 Å². The first-order chi connectivity index (χ1) is 12.7. The third kappa shape index (κ3) is 2.47. The Morgan fingerprint density at radius 3 is 2.62 bits per heavy atom. The van der Waals surface area contributed by atoms with Crippen molar-refractivity contribution in [2.45, 2.75) is 13.3 Å². The van der Waals surface area contributed by atoms with E-state index in [0.29, 0.717) is 0 Å². The van der Waals surface area contributed by atoms with Gasteiger partial charge >= 0.3 is 0 Å². The average Bonchev–Trinajstić information content (AvgIpc) is 3.23. The SMILES string of the molecule is Cc1cccc(-c2nc3cc4c(cc3[nH]2)CC(c2ccc(N)cc2)=N4)c1. The Morgan fingerprint density at radius 1 is 0.962 bits per heavy atom. The smallest absolute Gasteiger partial charge is 0.138 e. The number of rotatable bonds is 2. The van der Waals surface area contributed by atoms with Crippen LogP contribution >= 0.6 is 0 Å². The van der Waals surface area contributed by atoms with Crippen molar-refractivity contribution in [3.63, 3.8) is 0 Å². The molecule has 0 spiro atoms. The van der Waals surface area contributed by atoms with E-state index in [1.807, 2.05) is 24.3 Å². The summed E-state index contributed by atoms with van der Waals surface area (Å²) in [6.45, 7) is 2.09. The molecule has 0 saturated heterocycles. The van der Waals surface area contributed by atoms with Gasteiger partial charge in [0, 0.05) is 17.7 Å². The quantitative estimate of drug-likeness (QED) is 0.516. The highest BCUT2D eigenvalue weighted by atomic mass is 14.9. The molecule has 126 valence electrons. The van der Waals surface area contributed by atoms with Gasteiger partial charge < -0.3 is 10.7 Å². The maximum Gasteiger partial charge on any atom is 0.138 e. The third-order valence-electron chi connectivity index (χ3n) is 4.83. The highest BCUT2D eigenvalue weighted by Gasteiger charge is 2.18. The van der Waals surface area contributed by atoms with Gasteiger partial charge in [0.1, 0.15) is 5.82 Å². The largest absolute Gasteiger partial charge is 0.399 e. The number of hydrogen-bond acceptors (Lipinski definition) is 3. The lowest BCUT2D eigenvalue weighted by Crippen LogP contribution is -2.00. The standard InChI is InChI=1S/C22H18N4/c1-13-3-2-4-15(9-13)22-25-20-11-16-10-18(14-5-7-17(23)8-6-14)24-19(16)12-21(20)26-22/h2-9,11-12H,10,23H2,1H3,(H,25,26). The minimum atomic E-state index is 0.769. The van der Waals surface area contributed by atoms with Crippen molar-refractivity contribution in [3.05, 3.63) is 77.4 Å². The number of aromatic nitrogens is 2. The molecular weight excluding hydrogens is 320 g/mol. The molecule has 0 fully saturated rings. The molecular formula is C22H18N4. The number of nitrogens with two attached hydrogens (primary N) is 1. The van der Waals surface area contributed by atoms with E-state index in [1.165, 1.54) is 11.1 Å². The summed E-state index contributed by atoms with van der Waals surface area (Å²) < 4.78 is 0. The van der Waals surface area contributed by atoms with Crippen LogP contribution in [0.15, 0.2) is 65.7 Å². The number of hydrogen-bond donors (Lipinski definition) is 2. The Morgan fingerprint density at radius 2 is 1.81 bits per heavy atom. The zero-order valence-electron chi connectivity index (χ0n) is 14.5. The molecule has 0 aliphatic carbocycles. The summed E-state index contributed by atoms with van der Waals surface area (Å²) in [5.74, 6) is 0.898.